The highest BCUT2D eigenvalue weighted by atomic mass is 16.5. The minimum Gasteiger partial charge on any atom is -0.493 e. The van der Waals surface area contributed by atoms with Gasteiger partial charge in [0.25, 0.3) is 0 Å². The number of ketones is 1. The summed E-state index contributed by atoms with van der Waals surface area (Å²) in [6, 6.07) is 3.31. The highest BCUT2D eigenvalue weighted by Gasteiger charge is 2.16. The molecule has 0 saturated heterocycles. The Morgan fingerprint density at radius 2 is 1.56 bits per heavy atom. The number of Topliss-reactive ketones (excluding diaryl/α,β-unsaturated/α-hetero) is 1. The van der Waals surface area contributed by atoms with E-state index < -0.39 is 6.10 Å². The van der Waals surface area contributed by atoms with Gasteiger partial charge in [-0.3, -0.25) is 4.79 Å². The molecule has 0 saturated carbocycles. The summed E-state index contributed by atoms with van der Waals surface area (Å²) in [6.45, 7) is 3.16. The van der Waals surface area contributed by atoms with E-state index >= 15 is 0 Å². The van der Waals surface area contributed by atoms with E-state index in [2.05, 4.69) is 0 Å². The molecule has 1 rings (SSSR count). The topological polar surface area (TPSA) is 54.0 Å². The fourth-order valence-corrected chi connectivity index (χ4v) is 1.41. The van der Waals surface area contributed by atoms with Crippen LogP contribution in [-0.4, -0.2) is 33.2 Å². The molecule has 0 N–H and O–H groups in total. The van der Waals surface area contributed by atoms with Crippen LogP contribution in [0.25, 0.3) is 0 Å². The van der Waals surface area contributed by atoms with E-state index in [1.807, 2.05) is 0 Å². The average molecular weight is 254 g/mol. The van der Waals surface area contributed by atoms with Crippen LogP contribution >= 0.6 is 0 Å². The molecule has 0 bridgehead atoms. The summed E-state index contributed by atoms with van der Waals surface area (Å²) in [7, 11) is 4.57. The van der Waals surface area contributed by atoms with E-state index in [0.717, 1.165) is 0 Å². The normalized spacial score (nSPS) is 11.6. The Balaban J connectivity index is 3.11. The number of ether oxygens (including phenoxy) is 4. The third kappa shape index (κ3) is 3.06. The monoisotopic (exact) mass is 254 g/mol. The van der Waals surface area contributed by atoms with Crippen molar-refractivity contribution in [2.24, 2.45) is 0 Å². The first-order valence-corrected chi connectivity index (χ1v) is 5.50. The molecule has 0 aliphatic rings. The minimum absolute atomic E-state index is 0.0521. The predicted molar refractivity (Wildman–Crippen MR) is 66.9 cm³/mol. The second kappa shape index (κ2) is 6.14. The maximum Gasteiger partial charge on any atom is 0.203 e. The lowest BCUT2D eigenvalue weighted by atomic mass is 10.2. The molecule has 1 aromatic carbocycles. The van der Waals surface area contributed by atoms with Crippen LogP contribution in [0.15, 0.2) is 12.1 Å². The molecule has 0 aliphatic heterocycles. The first-order chi connectivity index (χ1) is 8.53. The molecule has 5 nitrogen and oxygen atoms in total. The molecular weight excluding hydrogens is 236 g/mol. The smallest absolute Gasteiger partial charge is 0.203 e. The number of carbonyl (C=O) groups is 1. The Morgan fingerprint density at radius 3 is 1.89 bits per heavy atom. The van der Waals surface area contributed by atoms with Gasteiger partial charge in [-0.25, -0.2) is 0 Å². The molecule has 5 heteroatoms. The van der Waals surface area contributed by atoms with Gasteiger partial charge in [0, 0.05) is 12.1 Å². The van der Waals surface area contributed by atoms with Gasteiger partial charge in [-0.05, 0) is 13.8 Å². The lowest BCUT2D eigenvalue weighted by Gasteiger charge is -2.16. The first kappa shape index (κ1) is 14.2. The van der Waals surface area contributed by atoms with Crippen LogP contribution in [0.3, 0.4) is 0 Å². The number of hydrogen-bond donors (Lipinski definition) is 0. The number of carbonyl (C=O) groups excluding carboxylic acids is 1. The Morgan fingerprint density at radius 1 is 1.06 bits per heavy atom. The molecule has 1 aromatic rings. The summed E-state index contributed by atoms with van der Waals surface area (Å²) in [4.78, 5) is 11.2. The van der Waals surface area contributed by atoms with Crippen molar-refractivity contribution < 1.29 is 23.7 Å². The summed E-state index contributed by atoms with van der Waals surface area (Å²) in [5.74, 6) is 1.91. The zero-order valence-corrected chi connectivity index (χ0v) is 11.3. The highest BCUT2D eigenvalue weighted by Crippen LogP contribution is 2.40. The quantitative estimate of drug-likeness (QED) is 0.777. The van der Waals surface area contributed by atoms with Crippen molar-refractivity contribution in [3.63, 3.8) is 0 Å². The van der Waals surface area contributed by atoms with Gasteiger partial charge < -0.3 is 18.9 Å². The fourth-order valence-electron chi connectivity index (χ4n) is 1.41. The number of rotatable bonds is 6. The van der Waals surface area contributed by atoms with Crippen LogP contribution < -0.4 is 18.9 Å². The van der Waals surface area contributed by atoms with Crippen LogP contribution in [0.1, 0.15) is 13.8 Å². The third-order valence-corrected chi connectivity index (χ3v) is 2.52. The SMILES string of the molecule is COc1cc(OC(C)C(C)=O)cc(OC)c1OC. The van der Waals surface area contributed by atoms with E-state index in [4.69, 9.17) is 18.9 Å². The molecule has 0 fully saturated rings. The Bertz CT molecular complexity index is 402. The minimum atomic E-state index is -0.521. The molecule has 0 heterocycles. The second-order valence-electron chi connectivity index (χ2n) is 3.73. The molecule has 18 heavy (non-hydrogen) atoms. The Hall–Kier alpha value is -1.91. The predicted octanol–water partition coefficient (Wildman–Crippen LogP) is 2.07. The average Bonchev–Trinajstić information content (AvgIpc) is 2.37. The summed E-state index contributed by atoms with van der Waals surface area (Å²) in [6.07, 6.45) is -0.521. The van der Waals surface area contributed by atoms with Crippen LogP contribution in [0.2, 0.25) is 0 Å². The molecule has 0 spiro atoms. The standard InChI is InChI=1S/C13H18O5/c1-8(14)9(2)18-10-6-11(15-3)13(17-5)12(7-10)16-4/h6-7,9H,1-5H3. The fraction of sp³-hybridized carbons (Fsp3) is 0.462. The lowest BCUT2D eigenvalue weighted by molar-refractivity contribution is -0.122. The number of methoxy groups -OCH3 is 3. The van der Waals surface area contributed by atoms with E-state index in [1.165, 1.54) is 28.3 Å². The number of benzene rings is 1. The molecule has 0 aliphatic carbocycles. The van der Waals surface area contributed by atoms with Crippen molar-refractivity contribution >= 4 is 5.78 Å². The summed E-state index contributed by atoms with van der Waals surface area (Å²) < 4.78 is 21.1. The van der Waals surface area contributed by atoms with Gasteiger partial charge in [0.05, 0.1) is 21.3 Å². The molecular formula is C13H18O5. The van der Waals surface area contributed by atoms with Gasteiger partial charge >= 0.3 is 0 Å². The van der Waals surface area contributed by atoms with Gasteiger partial charge in [-0.15, -0.1) is 0 Å². The van der Waals surface area contributed by atoms with Crippen molar-refractivity contribution in [3.8, 4) is 23.0 Å². The summed E-state index contributed by atoms with van der Waals surface area (Å²) in [5, 5.41) is 0. The van der Waals surface area contributed by atoms with Gasteiger partial charge in [0.15, 0.2) is 23.4 Å². The van der Waals surface area contributed by atoms with E-state index in [-0.39, 0.29) is 5.78 Å². The van der Waals surface area contributed by atoms with Crippen molar-refractivity contribution in [2.75, 3.05) is 21.3 Å². The molecule has 1 atom stereocenters. The third-order valence-electron chi connectivity index (χ3n) is 2.52. The molecule has 0 radical (unpaired) electrons. The van der Waals surface area contributed by atoms with Crippen molar-refractivity contribution in [3.05, 3.63) is 12.1 Å². The summed E-state index contributed by atoms with van der Waals surface area (Å²) >= 11 is 0. The van der Waals surface area contributed by atoms with Crippen LogP contribution in [-0.2, 0) is 4.79 Å². The van der Waals surface area contributed by atoms with Gasteiger partial charge in [0.2, 0.25) is 5.75 Å². The largest absolute Gasteiger partial charge is 0.493 e. The van der Waals surface area contributed by atoms with E-state index in [9.17, 15) is 4.79 Å². The van der Waals surface area contributed by atoms with Crippen LogP contribution in [0.4, 0.5) is 0 Å². The van der Waals surface area contributed by atoms with Crippen LogP contribution in [0, 0.1) is 0 Å². The molecule has 0 aromatic heterocycles. The molecule has 100 valence electrons. The lowest BCUT2D eigenvalue weighted by Crippen LogP contribution is -2.20. The van der Waals surface area contributed by atoms with E-state index in [0.29, 0.717) is 23.0 Å². The number of hydrogen-bond acceptors (Lipinski definition) is 5. The molecule has 1 unspecified atom stereocenters. The second-order valence-corrected chi connectivity index (χ2v) is 3.73. The Labute approximate surface area is 107 Å². The van der Waals surface area contributed by atoms with Crippen molar-refractivity contribution in [2.45, 2.75) is 20.0 Å². The van der Waals surface area contributed by atoms with Crippen molar-refractivity contribution in [1.29, 1.82) is 0 Å². The van der Waals surface area contributed by atoms with Crippen LogP contribution in [0.5, 0.6) is 23.0 Å². The maximum absolute atomic E-state index is 11.2. The van der Waals surface area contributed by atoms with Gasteiger partial charge in [-0.2, -0.15) is 0 Å². The summed E-state index contributed by atoms with van der Waals surface area (Å²) in [5.41, 5.74) is 0. The Kier molecular flexibility index (Phi) is 4.83. The zero-order valence-electron chi connectivity index (χ0n) is 11.3. The maximum atomic E-state index is 11.2. The van der Waals surface area contributed by atoms with Crippen molar-refractivity contribution in [1.82, 2.24) is 0 Å². The van der Waals surface area contributed by atoms with Gasteiger partial charge in [0.1, 0.15) is 5.75 Å². The van der Waals surface area contributed by atoms with Gasteiger partial charge in [-0.1, -0.05) is 0 Å². The highest BCUT2D eigenvalue weighted by molar-refractivity contribution is 5.80. The molecule has 0 amide bonds. The zero-order chi connectivity index (χ0) is 13.7. The van der Waals surface area contributed by atoms with E-state index in [1.54, 1.807) is 19.1 Å². The first-order valence-electron chi connectivity index (χ1n) is 5.50.